The summed E-state index contributed by atoms with van der Waals surface area (Å²) in [7, 11) is 0. The number of aromatic amines is 2. The van der Waals surface area contributed by atoms with Crippen molar-refractivity contribution in [2.75, 3.05) is 80.4 Å². The Labute approximate surface area is 495 Å². The van der Waals surface area contributed by atoms with Crippen molar-refractivity contribution in [3.8, 4) is 0 Å². The summed E-state index contributed by atoms with van der Waals surface area (Å²) in [5, 5.41) is 0. The van der Waals surface area contributed by atoms with Gasteiger partial charge < -0.3 is 64.9 Å². The Morgan fingerprint density at radius 2 is 1.10 bits per heavy atom. The number of primary amides is 2. The predicted octanol–water partition coefficient (Wildman–Crippen LogP) is 9.95. The number of nitrogens with one attached hydrogen (secondary N) is 2. The lowest BCUT2D eigenvalue weighted by Crippen LogP contribution is -2.47. The number of likely N-dealkylation sites (tertiary alicyclic amines) is 2. The number of benzene rings is 4. The molecular weight excluding hydrogens is 1150 g/mol. The molecule has 0 radical (unpaired) electrons. The van der Waals surface area contributed by atoms with Crippen molar-refractivity contribution in [2.45, 2.75) is 114 Å². The minimum atomic E-state index is -4.52. The highest BCUT2D eigenvalue weighted by Gasteiger charge is 2.53. The molecule has 7 atom stereocenters. The molecule has 87 heavy (non-hydrogen) atoms. The number of fused-ring (bicyclic) bond motifs is 2. The Bertz CT molecular complexity index is 3560. The van der Waals surface area contributed by atoms with Gasteiger partial charge in [-0.3, -0.25) is 9.59 Å². The molecule has 6 aliphatic heterocycles. The fourth-order valence-corrected chi connectivity index (χ4v) is 14.4. The van der Waals surface area contributed by atoms with Crippen molar-refractivity contribution in [1.29, 1.82) is 0 Å². The van der Waals surface area contributed by atoms with Crippen molar-refractivity contribution in [2.24, 2.45) is 29.2 Å². The second-order valence-electron chi connectivity index (χ2n) is 23.9. The van der Waals surface area contributed by atoms with Crippen LogP contribution in [0.3, 0.4) is 0 Å². The highest BCUT2D eigenvalue weighted by molar-refractivity contribution is 5.86. The van der Waals surface area contributed by atoms with E-state index >= 15 is 17.6 Å². The summed E-state index contributed by atoms with van der Waals surface area (Å²) in [6.07, 6.45) is -4.79. The number of nitrogens with two attached hydrogens (primary N) is 2. The summed E-state index contributed by atoms with van der Waals surface area (Å²) < 4.78 is 131. The maximum absolute atomic E-state index is 17.5. The van der Waals surface area contributed by atoms with Gasteiger partial charge in [0.05, 0.1) is 51.3 Å². The maximum atomic E-state index is 17.5. The van der Waals surface area contributed by atoms with Crippen LogP contribution in [0, 0.1) is 41.0 Å². The Balaban J connectivity index is 0.893. The van der Waals surface area contributed by atoms with E-state index in [4.69, 9.17) is 40.4 Å². The van der Waals surface area contributed by atoms with Crippen LogP contribution in [0.4, 0.5) is 57.4 Å². The summed E-state index contributed by atoms with van der Waals surface area (Å²) in [6.45, 7) is 6.46. The van der Waals surface area contributed by atoms with Gasteiger partial charge in [0.1, 0.15) is 29.0 Å². The first kappa shape index (κ1) is 59.5. The summed E-state index contributed by atoms with van der Waals surface area (Å²) in [6, 6.07) is 10.4. The third-order valence-corrected chi connectivity index (χ3v) is 19.0. The molecule has 2 aromatic heterocycles. The van der Waals surface area contributed by atoms with E-state index < -0.39 is 101 Å². The Morgan fingerprint density at radius 1 is 0.621 bits per heavy atom. The fraction of sp³-hybridized carbons (Fsp3) is 0.508. The third kappa shape index (κ3) is 11.3. The zero-order valence-electron chi connectivity index (χ0n) is 48.0. The van der Waals surface area contributed by atoms with Gasteiger partial charge in [0.2, 0.25) is 0 Å². The molecule has 6 aliphatic rings. The van der Waals surface area contributed by atoms with Gasteiger partial charge in [0.15, 0.2) is 23.8 Å². The molecule has 0 aliphatic carbocycles. The summed E-state index contributed by atoms with van der Waals surface area (Å²) >= 11 is 0. The lowest BCUT2D eigenvalue weighted by atomic mass is 9.80. The van der Waals surface area contributed by atoms with Gasteiger partial charge in [-0.05, 0) is 119 Å². The average molecular weight is 1220 g/mol. The van der Waals surface area contributed by atoms with Gasteiger partial charge in [-0.2, -0.15) is 13.2 Å². The number of alkyl halides is 3. The minimum absolute atomic E-state index is 0.0293. The molecule has 4 aromatic carbocycles. The number of halogens is 7. The molecule has 0 bridgehead atoms. The summed E-state index contributed by atoms with van der Waals surface area (Å²) in [5.74, 6) is -4.72. The van der Waals surface area contributed by atoms with Gasteiger partial charge in [-0.15, -0.1) is 0 Å². The van der Waals surface area contributed by atoms with Gasteiger partial charge in [0, 0.05) is 112 Å². The minimum Gasteiger partial charge on any atom is -0.436 e. The zero-order chi connectivity index (χ0) is 61.2. The number of carbonyl (C=O) groups is 4. The van der Waals surface area contributed by atoms with E-state index in [1.807, 2.05) is 11.8 Å². The highest BCUT2D eigenvalue weighted by atomic mass is 19.4. The van der Waals surface area contributed by atoms with E-state index in [1.54, 1.807) is 33.8 Å². The van der Waals surface area contributed by atoms with Crippen molar-refractivity contribution < 1.29 is 68.9 Å². The van der Waals surface area contributed by atoms with Crippen LogP contribution < -0.4 is 26.2 Å². The monoisotopic (exact) mass is 1220 g/mol. The second-order valence-corrected chi connectivity index (χ2v) is 23.9. The van der Waals surface area contributed by atoms with Gasteiger partial charge >= 0.3 is 18.4 Å². The van der Waals surface area contributed by atoms with Gasteiger partial charge in [-0.25, -0.2) is 37.1 Å². The van der Waals surface area contributed by atoms with E-state index in [9.17, 15) is 32.3 Å². The second kappa shape index (κ2) is 23.7. The molecule has 19 nitrogen and oxygen atoms in total. The smallest absolute Gasteiger partial charge is 0.416 e. The lowest BCUT2D eigenvalue weighted by molar-refractivity contribution is -0.146. The first-order valence-electron chi connectivity index (χ1n) is 29.7. The van der Waals surface area contributed by atoms with Crippen LogP contribution in [0.1, 0.15) is 118 Å². The predicted molar refractivity (Wildman–Crippen MR) is 304 cm³/mol. The zero-order valence-corrected chi connectivity index (χ0v) is 48.0. The molecule has 464 valence electrons. The van der Waals surface area contributed by atoms with Gasteiger partial charge in [-0.1, -0.05) is 6.92 Å². The first-order valence-corrected chi connectivity index (χ1v) is 29.7. The number of anilines is 3. The number of nitrogens with zero attached hydrogens (tertiary/aromatic N) is 7. The quantitative estimate of drug-likeness (QED) is 0.0790. The molecule has 0 saturated carbocycles. The normalized spacial score (nSPS) is 24.1. The summed E-state index contributed by atoms with van der Waals surface area (Å²) in [4.78, 5) is 77.3. The Kier molecular flexibility index (Phi) is 16.2. The summed E-state index contributed by atoms with van der Waals surface area (Å²) in [5.41, 5.74) is 10.2. The molecule has 6 N–H and O–H groups in total. The van der Waals surface area contributed by atoms with Gasteiger partial charge in [0.25, 0.3) is 11.8 Å². The maximum Gasteiger partial charge on any atom is 0.416 e. The molecular formula is C61H68F7N11O8. The molecule has 6 fully saturated rings. The van der Waals surface area contributed by atoms with E-state index in [2.05, 4.69) is 9.97 Å². The number of piperazine rings is 1. The molecule has 4 unspecified atom stereocenters. The number of imidazole rings is 2. The fourth-order valence-electron chi connectivity index (χ4n) is 14.4. The number of carbonyl (C=O) groups excluding carboxylic acids is 4. The average Bonchev–Trinajstić information content (AvgIpc) is 1.64. The van der Waals surface area contributed by atoms with Crippen LogP contribution in [0.5, 0.6) is 0 Å². The van der Waals surface area contributed by atoms with Crippen LogP contribution in [-0.2, 0) is 40.3 Å². The largest absolute Gasteiger partial charge is 0.436 e. The van der Waals surface area contributed by atoms with E-state index in [0.29, 0.717) is 119 Å². The third-order valence-electron chi connectivity index (χ3n) is 19.0. The number of hydrogen-bond donors (Lipinski definition) is 4. The van der Waals surface area contributed by atoms with Crippen LogP contribution >= 0.6 is 0 Å². The molecule has 26 heteroatoms. The van der Waals surface area contributed by atoms with Crippen LogP contribution in [0.2, 0.25) is 0 Å². The van der Waals surface area contributed by atoms with Crippen LogP contribution in [-0.4, -0.2) is 132 Å². The number of aromatic nitrogens is 4. The number of ether oxygens (including phenoxy) is 4. The molecule has 0 spiro atoms. The first-order chi connectivity index (χ1) is 41.7. The van der Waals surface area contributed by atoms with Crippen molar-refractivity contribution in [1.82, 2.24) is 29.7 Å². The number of H-pyrrole nitrogens is 2. The van der Waals surface area contributed by atoms with Crippen molar-refractivity contribution >= 4 is 63.1 Å². The Morgan fingerprint density at radius 3 is 1.60 bits per heavy atom. The number of amides is 4. The molecule has 4 amide bonds. The molecule has 12 rings (SSSR count). The standard InChI is InChI=1S/C61H68F7N11O8/c1-32-25-50(38-28-44-46(30-40(38)62)73-54(71-44)48-5-3-15-77(48)56(80)52(86-58(69)82)33-11-21-84-22-12-33)79(37-26-42(64)51(43(65)27-37)76-19-17-75(18-20-76)36-9-7-35(8-10-36)61(66,67)68)60(32,2)39-29-45-47(31-41(39)63)74-55(72-45)49-6-4-16-78(49)57(81)53(87-59(70)83)34-13-23-85-24-14-34/h7-10,26-34,48-50,52-53H,3-6,11-25H2,1-2H3,(H2,69,82)(H2,70,83)(H,71,73)(H,72,74)/t32?,48?,49?,50?,52-,53-,60+/m0/s1. The van der Waals surface area contributed by atoms with Crippen LogP contribution in [0.25, 0.3) is 22.1 Å². The van der Waals surface area contributed by atoms with Crippen molar-refractivity contribution in [3.05, 3.63) is 112 Å². The molecule has 8 heterocycles. The lowest BCUT2D eigenvalue weighted by Gasteiger charge is -2.43. The highest BCUT2D eigenvalue weighted by Crippen LogP contribution is 2.56. The van der Waals surface area contributed by atoms with Crippen LogP contribution in [0.15, 0.2) is 60.7 Å². The van der Waals surface area contributed by atoms with Crippen molar-refractivity contribution in [3.63, 3.8) is 0 Å². The number of rotatable bonds is 13. The molecule has 6 aromatic rings. The SMILES string of the molecule is CC1CC(c2cc3[nH]c(C4CCCN4C(=O)[C@@H](OC(N)=O)C4CCOCC4)nc3cc2F)N(c2cc(F)c(N3CCN(c4ccc(C(F)(F)F)cc4)CC3)c(F)c2)[C@@]1(C)c1cc2[nH]c(C3CCCN3C(=O)[C@@H](OC(N)=O)C3CCOCC3)nc2cc1F. The molecule has 6 saturated heterocycles. The Hall–Kier alpha value is -7.87. The number of hydrogen-bond acceptors (Lipinski definition) is 13. The van der Waals surface area contributed by atoms with E-state index in [0.717, 1.165) is 24.3 Å². The van der Waals surface area contributed by atoms with E-state index in [1.165, 1.54) is 29.2 Å². The van der Waals surface area contributed by atoms with E-state index in [-0.39, 0.29) is 78.0 Å². The topological polar surface area (TPSA) is 231 Å².